The lowest BCUT2D eigenvalue weighted by Gasteiger charge is -2.10. The lowest BCUT2D eigenvalue weighted by Crippen LogP contribution is -2.31. The van der Waals surface area contributed by atoms with E-state index in [9.17, 15) is 18.0 Å². The van der Waals surface area contributed by atoms with E-state index in [1.807, 2.05) is 0 Å². The van der Waals surface area contributed by atoms with Gasteiger partial charge in [-0.2, -0.15) is 8.42 Å². The molecule has 0 saturated heterocycles. The third-order valence-electron chi connectivity index (χ3n) is 5.31. The third-order valence-corrected chi connectivity index (χ3v) is 6.86. The van der Waals surface area contributed by atoms with Crippen LogP contribution in [0.3, 0.4) is 0 Å². The molecule has 37 heavy (non-hydrogen) atoms. The molecular formula is C26H25N3O7S. The van der Waals surface area contributed by atoms with Gasteiger partial charge in [0.05, 0.1) is 22.5 Å². The van der Waals surface area contributed by atoms with Crippen molar-refractivity contribution in [2.24, 2.45) is 0 Å². The quantitative estimate of drug-likeness (QED) is 0.215. The molecule has 0 spiro atoms. The van der Waals surface area contributed by atoms with Gasteiger partial charge in [0.1, 0.15) is 30.2 Å². The van der Waals surface area contributed by atoms with Crippen LogP contribution in [0.5, 0.6) is 11.5 Å². The average molecular weight is 524 g/mol. The smallest absolute Gasteiger partial charge is 0.338 e. The number of aromatic nitrogens is 3. The van der Waals surface area contributed by atoms with Crippen molar-refractivity contribution in [1.29, 1.82) is 0 Å². The lowest BCUT2D eigenvalue weighted by atomic mass is 10.2. The summed E-state index contributed by atoms with van der Waals surface area (Å²) in [7, 11) is -4.40. The van der Waals surface area contributed by atoms with E-state index in [-0.39, 0.29) is 34.6 Å². The Morgan fingerprint density at radius 1 is 0.892 bits per heavy atom. The Labute approximate surface area is 213 Å². The van der Waals surface area contributed by atoms with E-state index in [1.165, 1.54) is 24.3 Å². The highest BCUT2D eigenvalue weighted by molar-refractivity contribution is 7.89. The summed E-state index contributed by atoms with van der Waals surface area (Å²) in [5, 5.41) is 7.48. The second kappa shape index (κ2) is 11.7. The molecule has 0 unspecified atom stereocenters. The molecule has 0 saturated carbocycles. The number of hydrogen-bond acceptors (Lipinski definition) is 9. The molecule has 10 nitrogen and oxygen atoms in total. The van der Waals surface area contributed by atoms with Crippen LogP contribution in [0.15, 0.2) is 82.5 Å². The molecule has 0 aliphatic heterocycles. The van der Waals surface area contributed by atoms with Crippen LogP contribution in [-0.2, 0) is 14.8 Å². The molecule has 0 atom stereocenters. The molecule has 0 aliphatic carbocycles. The zero-order valence-corrected chi connectivity index (χ0v) is 20.9. The summed E-state index contributed by atoms with van der Waals surface area (Å²) >= 11 is 0. The monoisotopic (exact) mass is 523 g/mol. The molecule has 11 heteroatoms. The fourth-order valence-electron chi connectivity index (χ4n) is 3.36. The van der Waals surface area contributed by atoms with Gasteiger partial charge in [-0.1, -0.05) is 35.6 Å². The van der Waals surface area contributed by atoms with E-state index in [0.717, 1.165) is 24.7 Å². The Morgan fingerprint density at radius 2 is 1.59 bits per heavy atom. The number of ether oxygens (including phenoxy) is 3. The second-order valence-electron chi connectivity index (χ2n) is 7.95. The van der Waals surface area contributed by atoms with E-state index in [1.54, 1.807) is 42.5 Å². The number of nitrogens with zero attached hydrogens (tertiary/aromatic N) is 3. The van der Waals surface area contributed by atoms with Gasteiger partial charge in [-0.25, -0.2) is 4.79 Å². The Hall–Kier alpha value is -4.25. The molecule has 0 fully saturated rings. The predicted molar refractivity (Wildman–Crippen MR) is 135 cm³/mol. The van der Waals surface area contributed by atoms with Gasteiger partial charge in [-0.05, 0) is 66.2 Å². The summed E-state index contributed by atoms with van der Waals surface area (Å²) in [4.78, 5) is 24.9. The Bertz CT molecular complexity index is 1550. The molecule has 0 N–H and O–H groups in total. The normalized spacial score (nSPS) is 11.3. The van der Waals surface area contributed by atoms with Crippen LogP contribution in [0.25, 0.3) is 10.9 Å². The number of benzene rings is 3. The molecule has 4 rings (SSSR count). The molecule has 1 heterocycles. The first-order valence-electron chi connectivity index (χ1n) is 11.6. The van der Waals surface area contributed by atoms with E-state index in [2.05, 4.69) is 17.2 Å². The zero-order valence-electron chi connectivity index (χ0n) is 20.1. The standard InChI is InChI=1S/C26H25N3O7S/c1-2-3-15-34-20-11-13-21(14-12-20)35-16-17-36-26(31)19-7-6-8-22(18-19)37(32,33)29-25(30)23-9-4-5-10-24(23)27-28-29/h4-14,18H,2-3,15-17H2,1H3. The van der Waals surface area contributed by atoms with Gasteiger partial charge < -0.3 is 14.2 Å². The molecule has 0 bridgehead atoms. The molecule has 1 aromatic heterocycles. The van der Waals surface area contributed by atoms with Gasteiger partial charge in [-0.3, -0.25) is 4.79 Å². The van der Waals surface area contributed by atoms with Crippen molar-refractivity contribution < 1.29 is 27.4 Å². The first kappa shape index (κ1) is 25.8. The van der Waals surface area contributed by atoms with Crippen LogP contribution < -0.4 is 15.0 Å². The van der Waals surface area contributed by atoms with Gasteiger partial charge >= 0.3 is 5.97 Å². The molecule has 3 aromatic carbocycles. The molecule has 0 aliphatic rings. The molecule has 192 valence electrons. The van der Waals surface area contributed by atoms with Crippen molar-refractivity contribution in [2.45, 2.75) is 24.7 Å². The van der Waals surface area contributed by atoms with Crippen LogP contribution in [0.2, 0.25) is 0 Å². The molecular weight excluding hydrogens is 498 g/mol. The fraction of sp³-hybridized carbons (Fsp3) is 0.231. The van der Waals surface area contributed by atoms with Gasteiger partial charge in [0.15, 0.2) is 0 Å². The number of hydrogen-bond donors (Lipinski definition) is 0. The van der Waals surface area contributed by atoms with Crippen molar-refractivity contribution in [3.05, 3.63) is 88.7 Å². The van der Waals surface area contributed by atoms with Crippen LogP contribution >= 0.6 is 0 Å². The van der Waals surface area contributed by atoms with Crippen LogP contribution in [-0.4, -0.2) is 48.6 Å². The maximum atomic E-state index is 13.1. The summed E-state index contributed by atoms with van der Waals surface area (Å²) in [5.41, 5.74) is -0.567. The third kappa shape index (κ3) is 6.12. The first-order valence-corrected chi connectivity index (χ1v) is 13.1. The van der Waals surface area contributed by atoms with E-state index in [4.69, 9.17) is 14.2 Å². The van der Waals surface area contributed by atoms with Crippen molar-refractivity contribution in [2.75, 3.05) is 19.8 Å². The minimum atomic E-state index is -4.40. The molecule has 4 aromatic rings. The zero-order chi connectivity index (χ0) is 26.3. The Balaban J connectivity index is 1.37. The van der Waals surface area contributed by atoms with Crippen molar-refractivity contribution in [3.63, 3.8) is 0 Å². The van der Waals surface area contributed by atoms with Gasteiger partial charge in [0, 0.05) is 0 Å². The highest BCUT2D eigenvalue weighted by Gasteiger charge is 2.23. The van der Waals surface area contributed by atoms with Crippen molar-refractivity contribution in [1.82, 2.24) is 14.4 Å². The maximum Gasteiger partial charge on any atom is 0.338 e. The molecule has 0 amide bonds. The lowest BCUT2D eigenvalue weighted by molar-refractivity contribution is 0.0450. The summed E-state index contributed by atoms with van der Waals surface area (Å²) in [6.45, 7) is 2.79. The van der Waals surface area contributed by atoms with Crippen LogP contribution in [0.1, 0.15) is 30.1 Å². The fourth-order valence-corrected chi connectivity index (χ4v) is 4.53. The van der Waals surface area contributed by atoms with Gasteiger partial charge in [0.2, 0.25) is 0 Å². The number of rotatable bonds is 11. The number of unbranched alkanes of at least 4 members (excludes halogenated alkanes) is 1. The first-order chi connectivity index (χ1) is 17.9. The summed E-state index contributed by atoms with van der Waals surface area (Å²) < 4.78 is 42.8. The van der Waals surface area contributed by atoms with Crippen molar-refractivity contribution in [3.8, 4) is 11.5 Å². The second-order valence-corrected chi connectivity index (χ2v) is 9.71. The topological polar surface area (TPSA) is 127 Å². The Morgan fingerprint density at radius 3 is 2.32 bits per heavy atom. The van der Waals surface area contributed by atoms with E-state index in [0.29, 0.717) is 16.4 Å². The van der Waals surface area contributed by atoms with Crippen molar-refractivity contribution >= 4 is 26.9 Å². The number of esters is 1. The average Bonchev–Trinajstić information content (AvgIpc) is 2.92. The molecule has 0 radical (unpaired) electrons. The van der Waals surface area contributed by atoms with Gasteiger partial charge in [0.25, 0.3) is 15.6 Å². The van der Waals surface area contributed by atoms with Gasteiger partial charge in [-0.15, -0.1) is 5.10 Å². The summed E-state index contributed by atoms with van der Waals surface area (Å²) in [6.07, 6.45) is 2.04. The van der Waals surface area contributed by atoms with E-state index < -0.39 is 21.6 Å². The number of fused-ring (bicyclic) bond motifs is 1. The minimum Gasteiger partial charge on any atom is -0.494 e. The predicted octanol–water partition coefficient (Wildman–Crippen LogP) is 3.44. The maximum absolute atomic E-state index is 13.1. The van der Waals surface area contributed by atoms with Crippen LogP contribution in [0.4, 0.5) is 0 Å². The SMILES string of the molecule is CCCCOc1ccc(OCCOC(=O)c2cccc(S(=O)(=O)n3nnc4ccccc4c3=O)c2)cc1. The summed E-state index contributed by atoms with van der Waals surface area (Å²) in [6, 6.07) is 18.6. The summed E-state index contributed by atoms with van der Waals surface area (Å²) in [5.74, 6) is 0.602. The largest absolute Gasteiger partial charge is 0.494 e. The highest BCUT2D eigenvalue weighted by atomic mass is 32.2. The van der Waals surface area contributed by atoms with E-state index >= 15 is 0 Å². The number of carbonyl (C=O) groups excluding carboxylic acids is 1. The minimum absolute atomic E-state index is 0.00328. The Kier molecular flexibility index (Phi) is 8.14. The highest BCUT2D eigenvalue weighted by Crippen LogP contribution is 2.18. The van der Waals surface area contributed by atoms with Crippen LogP contribution in [0, 0.1) is 0 Å². The number of carbonyl (C=O) groups is 1.